The molecule has 0 radical (unpaired) electrons. The Bertz CT molecular complexity index is 375. The molecule has 0 aromatic heterocycles. The van der Waals surface area contributed by atoms with Gasteiger partial charge in [0, 0.05) is 5.02 Å². The van der Waals surface area contributed by atoms with Crippen LogP contribution in [-0.4, -0.2) is 12.6 Å². The number of nitrogens with two attached hydrogens (primary N) is 1. The molecule has 0 aliphatic carbocycles. The lowest BCUT2D eigenvalue weighted by molar-refractivity contribution is 0.239. The Labute approximate surface area is 103 Å². The lowest BCUT2D eigenvalue weighted by Gasteiger charge is -2.18. The summed E-state index contributed by atoms with van der Waals surface area (Å²) in [6.07, 6.45) is 0.963. The van der Waals surface area contributed by atoms with Crippen LogP contribution in [0.1, 0.15) is 30.5 Å². The predicted molar refractivity (Wildman–Crippen MR) is 69.4 cm³/mol. The van der Waals surface area contributed by atoms with Crippen LogP contribution in [0.2, 0.25) is 5.02 Å². The molecule has 2 N–H and O–H groups in total. The Morgan fingerprint density at radius 2 is 2.00 bits per heavy atom. The largest absolute Gasteiger partial charge is 0.491 e. The van der Waals surface area contributed by atoms with Gasteiger partial charge < -0.3 is 10.5 Å². The minimum Gasteiger partial charge on any atom is -0.491 e. The summed E-state index contributed by atoms with van der Waals surface area (Å²) in [7, 11) is 0. The maximum atomic E-state index is 6.23. The Morgan fingerprint density at radius 1 is 1.38 bits per heavy atom. The number of halogens is 1. The van der Waals surface area contributed by atoms with E-state index in [0.29, 0.717) is 6.54 Å². The van der Waals surface area contributed by atoms with Crippen molar-refractivity contribution >= 4 is 11.6 Å². The summed E-state index contributed by atoms with van der Waals surface area (Å²) in [4.78, 5) is 0. The van der Waals surface area contributed by atoms with E-state index in [1.54, 1.807) is 0 Å². The van der Waals surface area contributed by atoms with Gasteiger partial charge in [0.2, 0.25) is 0 Å². The summed E-state index contributed by atoms with van der Waals surface area (Å²) in [5.74, 6) is 0.917. The van der Waals surface area contributed by atoms with Gasteiger partial charge in [-0.3, -0.25) is 0 Å². The van der Waals surface area contributed by atoms with Gasteiger partial charge in [0.25, 0.3) is 0 Å². The standard InChI is InChI=1S/C13H20ClNO/c1-8(2)16-12-7-9(3)13(14)10(4)11(12)5-6-15/h7-8H,5-6,15H2,1-4H3. The van der Waals surface area contributed by atoms with Crippen LogP contribution < -0.4 is 10.5 Å². The third-order valence-electron chi connectivity index (χ3n) is 2.53. The summed E-state index contributed by atoms with van der Waals surface area (Å²) >= 11 is 6.23. The molecular formula is C13H20ClNO. The van der Waals surface area contributed by atoms with E-state index < -0.39 is 0 Å². The molecule has 1 aromatic rings. The highest BCUT2D eigenvalue weighted by molar-refractivity contribution is 6.32. The molecule has 2 nitrogen and oxygen atoms in total. The summed E-state index contributed by atoms with van der Waals surface area (Å²) in [6, 6.07) is 2.00. The average Bonchev–Trinajstić information content (AvgIpc) is 2.20. The highest BCUT2D eigenvalue weighted by atomic mass is 35.5. The van der Waals surface area contributed by atoms with Crippen molar-refractivity contribution in [1.29, 1.82) is 0 Å². The maximum Gasteiger partial charge on any atom is 0.123 e. The monoisotopic (exact) mass is 241 g/mol. The van der Waals surface area contributed by atoms with Crippen LogP contribution in [0.3, 0.4) is 0 Å². The molecule has 0 spiro atoms. The highest BCUT2D eigenvalue weighted by Gasteiger charge is 2.13. The van der Waals surface area contributed by atoms with Crippen molar-refractivity contribution in [1.82, 2.24) is 0 Å². The molecule has 1 rings (SSSR count). The molecular weight excluding hydrogens is 222 g/mol. The first kappa shape index (κ1) is 13.3. The zero-order valence-corrected chi connectivity index (χ0v) is 11.2. The molecule has 1 aromatic carbocycles. The van der Waals surface area contributed by atoms with E-state index >= 15 is 0 Å². The van der Waals surface area contributed by atoms with Gasteiger partial charge in [-0.2, -0.15) is 0 Å². The first-order valence-electron chi connectivity index (χ1n) is 5.62. The van der Waals surface area contributed by atoms with Crippen molar-refractivity contribution in [2.24, 2.45) is 5.73 Å². The lowest BCUT2D eigenvalue weighted by atomic mass is 10.0. The quantitative estimate of drug-likeness (QED) is 0.878. The van der Waals surface area contributed by atoms with E-state index in [9.17, 15) is 0 Å². The third kappa shape index (κ3) is 2.89. The molecule has 0 heterocycles. The van der Waals surface area contributed by atoms with Crippen molar-refractivity contribution in [3.63, 3.8) is 0 Å². The number of rotatable bonds is 4. The minimum absolute atomic E-state index is 0.163. The van der Waals surface area contributed by atoms with E-state index in [1.807, 2.05) is 33.8 Å². The summed E-state index contributed by atoms with van der Waals surface area (Å²) in [5.41, 5.74) is 8.89. The van der Waals surface area contributed by atoms with Crippen LogP contribution in [0.25, 0.3) is 0 Å². The SMILES string of the molecule is Cc1cc(OC(C)C)c(CCN)c(C)c1Cl. The van der Waals surface area contributed by atoms with Gasteiger partial charge in [0.1, 0.15) is 5.75 Å². The molecule has 90 valence electrons. The van der Waals surface area contributed by atoms with E-state index in [2.05, 4.69) is 0 Å². The Kier molecular flexibility index (Phi) is 4.63. The second-order valence-electron chi connectivity index (χ2n) is 4.31. The fourth-order valence-corrected chi connectivity index (χ4v) is 1.94. The molecule has 0 fully saturated rings. The van der Waals surface area contributed by atoms with Gasteiger partial charge >= 0.3 is 0 Å². The van der Waals surface area contributed by atoms with Gasteiger partial charge in [-0.15, -0.1) is 0 Å². The Balaban J connectivity index is 3.23. The van der Waals surface area contributed by atoms with Crippen molar-refractivity contribution in [2.45, 2.75) is 40.2 Å². The first-order valence-corrected chi connectivity index (χ1v) is 6.00. The van der Waals surface area contributed by atoms with Crippen molar-refractivity contribution in [3.8, 4) is 5.75 Å². The van der Waals surface area contributed by atoms with E-state index in [-0.39, 0.29) is 6.10 Å². The van der Waals surface area contributed by atoms with Gasteiger partial charge in [-0.05, 0) is 63.4 Å². The molecule has 0 atom stereocenters. The zero-order chi connectivity index (χ0) is 12.3. The molecule has 0 saturated carbocycles. The average molecular weight is 242 g/mol. The van der Waals surface area contributed by atoms with Crippen LogP contribution in [0.4, 0.5) is 0 Å². The Morgan fingerprint density at radius 3 is 2.50 bits per heavy atom. The molecule has 0 bridgehead atoms. The zero-order valence-electron chi connectivity index (χ0n) is 10.4. The van der Waals surface area contributed by atoms with E-state index in [4.69, 9.17) is 22.1 Å². The maximum absolute atomic E-state index is 6.23. The van der Waals surface area contributed by atoms with E-state index in [1.165, 1.54) is 0 Å². The molecule has 0 amide bonds. The molecule has 0 aliphatic heterocycles. The van der Waals surface area contributed by atoms with Crippen LogP contribution in [0, 0.1) is 13.8 Å². The van der Waals surface area contributed by atoms with Crippen molar-refractivity contribution in [2.75, 3.05) is 6.54 Å². The van der Waals surface area contributed by atoms with Gasteiger partial charge in [0.15, 0.2) is 0 Å². The Hall–Kier alpha value is -0.730. The van der Waals surface area contributed by atoms with Gasteiger partial charge in [-0.25, -0.2) is 0 Å². The number of benzene rings is 1. The van der Waals surface area contributed by atoms with Crippen molar-refractivity contribution < 1.29 is 4.74 Å². The predicted octanol–water partition coefficient (Wildman–Crippen LogP) is 3.25. The summed E-state index contributed by atoms with van der Waals surface area (Å²) < 4.78 is 5.80. The number of hydrogen-bond donors (Lipinski definition) is 1. The van der Waals surface area contributed by atoms with Crippen LogP contribution in [0.5, 0.6) is 5.75 Å². The first-order chi connectivity index (χ1) is 7.47. The van der Waals surface area contributed by atoms with Gasteiger partial charge in [-0.1, -0.05) is 11.6 Å². The highest BCUT2D eigenvalue weighted by Crippen LogP contribution is 2.32. The molecule has 0 saturated heterocycles. The van der Waals surface area contributed by atoms with E-state index in [0.717, 1.165) is 33.9 Å². The topological polar surface area (TPSA) is 35.2 Å². The third-order valence-corrected chi connectivity index (χ3v) is 3.11. The summed E-state index contributed by atoms with van der Waals surface area (Å²) in [6.45, 7) is 8.66. The number of ether oxygens (including phenoxy) is 1. The second kappa shape index (κ2) is 5.55. The van der Waals surface area contributed by atoms with Crippen LogP contribution in [0.15, 0.2) is 6.07 Å². The van der Waals surface area contributed by atoms with Crippen LogP contribution in [-0.2, 0) is 6.42 Å². The minimum atomic E-state index is 0.163. The fourth-order valence-electron chi connectivity index (χ4n) is 1.77. The number of hydrogen-bond acceptors (Lipinski definition) is 2. The van der Waals surface area contributed by atoms with Crippen molar-refractivity contribution in [3.05, 3.63) is 27.8 Å². The molecule has 16 heavy (non-hydrogen) atoms. The fraction of sp³-hybridized carbons (Fsp3) is 0.538. The van der Waals surface area contributed by atoms with Crippen LogP contribution >= 0.6 is 11.6 Å². The number of aryl methyl sites for hydroxylation is 1. The lowest BCUT2D eigenvalue weighted by Crippen LogP contribution is -2.12. The molecule has 3 heteroatoms. The molecule has 0 aliphatic rings. The smallest absolute Gasteiger partial charge is 0.123 e. The molecule has 0 unspecified atom stereocenters. The van der Waals surface area contributed by atoms with Gasteiger partial charge in [0.05, 0.1) is 6.10 Å². The second-order valence-corrected chi connectivity index (χ2v) is 4.69. The summed E-state index contributed by atoms with van der Waals surface area (Å²) in [5, 5.41) is 0.819. The normalized spacial score (nSPS) is 10.9.